The van der Waals surface area contributed by atoms with E-state index in [4.69, 9.17) is 55.9 Å². The Balaban J connectivity index is 2.34. The molecule has 1 aromatic rings. The Bertz CT molecular complexity index is 464. The summed E-state index contributed by atoms with van der Waals surface area (Å²) in [6.45, 7) is 2.87. The smallest absolute Gasteiger partial charge is 0.157 e. The van der Waals surface area contributed by atoms with E-state index in [1.165, 1.54) is 12.1 Å². The molecule has 1 atom stereocenters. The van der Waals surface area contributed by atoms with Crippen LogP contribution in [0.3, 0.4) is 0 Å². The van der Waals surface area contributed by atoms with Gasteiger partial charge >= 0.3 is 0 Å². The van der Waals surface area contributed by atoms with Crippen LogP contribution in [-0.2, 0) is 4.74 Å². The van der Waals surface area contributed by atoms with E-state index in [9.17, 15) is 5.11 Å². The third-order valence-electron chi connectivity index (χ3n) is 2.56. The van der Waals surface area contributed by atoms with Crippen molar-refractivity contribution >= 4 is 46.4 Å². The van der Waals surface area contributed by atoms with Crippen LogP contribution < -0.4 is 4.74 Å². The maximum atomic E-state index is 9.35. The summed E-state index contributed by atoms with van der Waals surface area (Å²) in [5.74, 6) is 0.380. The van der Waals surface area contributed by atoms with E-state index in [0.717, 1.165) is 12.8 Å². The summed E-state index contributed by atoms with van der Waals surface area (Å²) >= 11 is 22.9. The highest BCUT2D eigenvalue weighted by atomic mass is 35.5. The topological polar surface area (TPSA) is 38.7 Å². The van der Waals surface area contributed by atoms with Crippen molar-refractivity contribution in [1.29, 1.82) is 0 Å². The van der Waals surface area contributed by atoms with Crippen LogP contribution in [0.15, 0.2) is 22.7 Å². The maximum absolute atomic E-state index is 9.35. The van der Waals surface area contributed by atoms with Crippen molar-refractivity contribution in [1.82, 2.24) is 0 Å². The Hall–Kier alpha value is -0.320. The fourth-order valence-electron chi connectivity index (χ4n) is 1.60. The van der Waals surface area contributed by atoms with Gasteiger partial charge in [-0.05, 0) is 25.8 Å². The summed E-state index contributed by atoms with van der Waals surface area (Å²) in [5.41, 5.74) is 0. The van der Waals surface area contributed by atoms with E-state index < -0.39 is 0 Å². The number of phenols is 1. The van der Waals surface area contributed by atoms with Gasteiger partial charge in [-0.15, -0.1) is 0 Å². The second-order valence-electron chi connectivity index (χ2n) is 4.38. The molecule has 118 valence electrons. The van der Waals surface area contributed by atoms with Crippen LogP contribution in [0.25, 0.3) is 0 Å². The van der Waals surface area contributed by atoms with Crippen molar-refractivity contribution in [3.05, 3.63) is 32.7 Å². The number of hydrogen-bond acceptors (Lipinski definition) is 3. The van der Waals surface area contributed by atoms with E-state index in [1.807, 2.05) is 6.92 Å². The van der Waals surface area contributed by atoms with E-state index in [0.29, 0.717) is 19.0 Å². The van der Waals surface area contributed by atoms with Gasteiger partial charge in [0.2, 0.25) is 0 Å². The average molecular weight is 374 g/mol. The van der Waals surface area contributed by atoms with Crippen LogP contribution in [0.1, 0.15) is 19.8 Å². The SMILES string of the molecule is CC(CCCOCC=C(Cl)Cl)Oc1c(Cl)cc(O)cc1Cl. The third-order valence-corrected chi connectivity index (χ3v) is 3.43. The molecule has 1 aromatic carbocycles. The molecule has 1 unspecified atom stereocenters. The largest absolute Gasteiger partial charge is 0.508 e. The minimum absolute atomic E-state index is 0.00408. The van der Waals surface area contributed by atoms with Crippen molar-refractivity contribution in [3.63, 3.8) is 0 Å². The Morgan fingerprint density at radius 1 is 1.29 bits per heavy atom. The number of benzene rings is 1. The van der Waals surface area contributed by atoms with Gasteiger partial charge in [-0.25, -0.2) is 0 Å². The Kier molecular flexibility index (Phi) is 8.60. The van der Waals surface area contributed by atoms with Gasteiger partial charge in [-0.1, -0.05) is 46.4 Å². The molecule has 0 aliphatic rings. The molecule has 0 saturated carbocycles. The second-order valence-corrected chi connectivity index (χ2v) is 6.20. The monoisotopic (exact) mass is 372 g/mol. The highest BCUT2D eigenvalue weighted by Crippen LogP contribution is 2.37. The number of rotatable bonds is 8. The van der Waals surface area contributed by atoms with Crippen LogP contribution in [-0.4, -0.2) is 24.4 Å². The summed E-state index contributed by atoms with van der Waals surface area (Å²) in [6.07, 6.45) is 3.08. The molecule has 0 bridgehead atoms. The minimum atomic E-state index is -0.0831. The van der Waals surface area contributed by atoms with Crippen LogP contribution in [0.2, 0.25) is 10.0 Å². The maximum Gasteiger partial charge on any atom is 0.157 e. The van der Waals surface area contributed by atoms with E-state index in [1.54, 1.807) is 6.08 Å². The first-order chi connectivity index (χ1) is 9.90. The highest BCUT2D eigenvalue weighted by molar-refractivity contribution is 6.55. The van der Waals surface area contributed by atoms with Crippen LogP contribution in [0, 0.1) is 0 Å². The molecule has 0 amide bonds. The zero-order valence-electron chi connectivity index (χ0n) is 11.4. The number of phenolic OH excluding ortho intramolecular Hbond substituents is 1. The second kappa shape index (κ2) is 9.65. The molecule has 0 aliphatic carbocycles. The lowest BCUT2D eigenvalue weighted by atomic mass is 10.2. The summed E-state index contributed by atoms with van der Waals surface area (Å²) in [6, 6.07) is 2.78. The van der Waals surface area contributed by atoms with Gasteiger partial charge in [0.1, 0.15) is 10.2 Å². The van der Waals surface area contributed by atoms with Crippen molar-refractivity contribution in [2.75, 3.05) is 13.2 Å². The molecule has 0 aliphatic heterocycles. The summed E-state index contributed by atoms with van der Waals surface area (Å²) < 4.78 is 11.2. The summed E-state index contributed by atoms with van der Waals surface area (Å²) in [5, 5.41) is 9.92. The minimum Gasteiger partial charge on any atom is -0.508 e. The van der Waals surface area contributed by atoms with Crippen LogP contribution in [0.5, 0.6) is 11.5 Å². The average Bonchev–Trinajstić information content (AvgIpc) is 2.37. The number of ether oxygens (including phenoxy) is 2. The van der Waals surface area contributed by atoms with Crippen molar-refractivity contribution in [3.8, 4) is 11.5 Å². The molecule has 21 heavy (non-hydrogen) atoms. The third kappa shape index (κ3) is 7.48. The van der Waals surface area contributed by atoms with E-state index in [-0.39, 0.29) is 26.4 Å². The molecular weight excluding hydrogens is 358 g/mol. The Morgan fingerprint density at radius 2 is 1.90 bits per heavy atom. The Labute approximate surface area is 144 Å². The molecule has 0 aromatic heterocycles. The molecular formula is C14H16Cl4O3. The van der Waals surface area contributed by atoms with Crippen molar-refractivity contribution in [2.45, 2.75) is 25.9 Å². The predicted molar refractivity (Wildman–Crippen MR) is 88.1 cm³/mol. The Morgan fingerprint density at radius 3 is 2.48 bits per heavy atom. The number of aromatic hydroxyl groups is 1. The zero-order valence-corrected chi connectivity index (χ0v) is 14.4. The summed E-state index contributed by atoms with van der Waals surface area (Å²) in [7, 11) is 0. The van der Waals surface area contributed by atoms with Gasteiger partial charge in [0.05, 0.1) is 22.8 Å². The molecule has 3 nitrogen and oxygen atoms in total. The fourth-order valence-corrected chi connectivity index (χ4v) is 2.29. The summed E-state index contributed by atoms with van der Waals surface area (Å²) in [4.78, 5) is 0. The van der Waals surface area contributed by atoms with E-state index >= 15 is 0 Å². The molecule has 0 heterocycles. The van der Waals surface area contributed by atoms with Crippen molar-refractivity contribution in [2.24, 2.45) is 0 Å². The molecule has 0 radical (unpaired) electrons. The first-order valence-electron chi connectivity index (χ1n) is 6.33. The first-order valence-corrected chi connectivity index (χ1v) is 7.85. The quantitative estimate of drug-likeness (QED) is 0.604. The fraction of sp³-hybridized carbons (Fsp3) is 0.429. The normalized spacial score (nSPS) is 12.0. The molecule has 0 fully saturated rings. The molecule has 1 N–H and O–H groups in total. The highest BCUT2D eigenvalue weighted by Gasteiger charge is 2.13. The predicted octanol–water partition coefficient (Wildman–Crippen LogP) is 5.58. The van der Waals surface area contributed by atoms with Gasteiger partial charge in [-0.3, -0.25) is 0 Å². The molecule has 0 spiro atoms. The lowest BCUT2D eigenvalue weighted by Gasteiger charge is -2.17. The van der Waals surface area contributed by atoms with Gasteiger partial charge < -0.3 is 14.6 Å². The van der Waals surface area contributed by atoms with E-state index in [2.05, 4.69) is 0 Å². The van der Waals surface area contributed by atoms with Crippen LogP contribution >= 0.6 is 46.4 Å². The van der Waals surface area contributed by atoms with Gasteiger partial charge in [0.25, 0.3) is 0 Å². The molecule has 0 saturated heterocycles. The first kappa shape index (κ1) is 18.7. The van der Waals surface area contributed by atoms with Gasteiger partial charge in [-0.2, -0.15) is 0 Å². The standard InChI is InChI=1S/C14H16Cl4O3/c1-9(3-2-5-20-6-4-13(17)18)21-14-11(15)7-10(19)8-12(14)16/h4,7-9,19H,2-3,5-6H2,1H3. The van der Waals surface area contributed by atoms with Crippen molar-refractivity contribution < 1.29 is 14.6 Å². The lowest BCUT2D eigenvalue weighted by molar-refractivity contribution is 0.138. The molecule has 7 heteroatoms. The zero-order chi connectivity index (χ0) is 15.8. The lowest BCUT2D eigenvalue weighted by Crippen LogP contribution is -2.13. The number of halogens is 4. The molecule has 1 rings (SSSR count). The van der Waals surface area contributed by atoms with Gasteiger partial charge in [0, 0.05) is 18.7 Å². The number of hydrogen-bond donors (Lipinski definition) is 1. The van der Waals surface area contributed by atoms with Gasteiger partial charge in [0.15, 0.2) is 5.75 Å². The van der Waals surface area contributed by atoms with Crippen LogP contribution in [0.4, 0.5) is 0 Å².